The van der Waals surface area contributed by atoms with E-state index in [-0.39, 0.29) is 55.6 Å². The molecule has 0 spiro atoms. The molecular weight excluding hydrogens is 745 g/mol. The molecule has 2 aromatic rings. The van der Waals surface area contributed by atoms with Gasteiger partial charge in [0.25, 0.3) is 5.09 Å². The lowest BCUT2D eigenvalue weighted by molar-refractivity contribution is -0.757. The number of rotatable bonds is 21. The first-order valence-electron chi connectivity index (χ1n) is 17.9. The first-order chi connectivity index (χ1) is 26.6. The predicted octanol–water partition coefficient (Wildman–Crippen LogP) is 4.91. The van der Waals surface area contributed by atoms with Gasteiger partial charge in [-0.05, 0) is 80.3 Å². The van der Waals surface area contributed by atoms with Crippen LogP contribution in [0, 0.1) is 22.0 Å². The highest BCUT2D eigenvalue weighted by atomic mass is 19.4. The molecule has 1 fully saturated rings. The van der Waals surface area contributed by atoms with E-state index in [2.05, 4.69) is 10.2 Å². The van der Waals surface area contributed by atoms with E-state index >= 15 is 0 Å². The lowest BCUT2D eigenvalue weighted by Crippen LogP contribution is -2.40. The van der Waals surface area contributed by atoms with Crippen molar-refractivity contribution in [3.05, 3.63) is 99.6 Å². The predicted molar refractivity (Wildman–Crippen MR) is 195 cm³/mol. The normalized spacial score (nSPS) is 19.6. The lowest BCUT2D eigenvalue weighted by Gasteiger charge is -2.19. The maximum Gasteiger partial charge on any atom is 0.416 e. The van der Waals surface area contributed by atoms with E-state index in [4.69, 9.17) is 14.2 Å². The second-order valence-electron chi connectivity index (χ2n) is 13.1. The molecule has 56 heavy (non-hydrogen) atoms. The van der Waals surface area contributed by atoms with Gasteiger partial charge in [-0.25, -0.2) is 9.59 Å². The minimum atomic E-state index is -4.45. The first kappa shape index (κ1) is 45.1. The molecule has 0 saturated heterocycles. The molecule has 1 saturated carbocycles. The molecule has 1 aliphatic carbocycles. The molecule has 0 radical (unpaired) electrons. The van der Waals surface area contributed by atoms with E-state index in [1.807, 2.05) is 12.2 Å². The fourth-order valence-corrected chi connectivity index (χ4v) is 5.94. The zero-order chi connectivity index (χ0) is 41.3. The molecular formula is C39H47F3N2O12. The summed E-state index contributed by atoms with van der Waals surface area (Å²) in [4.78, 5) is 51.2. The number of hydrogen-bond acceptors (Lipinski definition) is 12. The van der Waals surface area contributed by atoms with E-state index in [0.717, 1.165) is 18.2 Å². The van der Waals surface area contributed by atoms with Crippen LogP contribution in [0.3, 0.4) is 0 Å². The number of ether oxygens (including phenoxy) is 3. The fourth-order valence-electron chi connectivity index (χ4n) is 5.94. The van der Waals surface area contributed by atoms with Crippen molar-refractivity contribution in [2.45, 2.75) is 82.4 Å². The Morgan fingerprint density at radius 2 is 1.84 bits per heavy atom. The van der Waals surface area contributed by atoms with Crippen LogP contribution in [0.4, 0.5) is 13.2 Å². The van der Waals surface area contributed by atoms with Crippen molar-refractivity contribution in [3.63, 3.8) is 0 Å². The summed E-state index contributed by atoms with van der Waals surface area (Å²) in [5, 5.41) is 43.2. The van der Waals surface area contributed by atoms with Gasteiger partial charge in [0.05, 0.1) is 31.0 Å². The SMILES string of the molecule is COc1cc(C=CC(=O)OCCO[N+](=O)[O-])ccc1OC(=O)C(C)NC(=O)CCCC=CC[C@@H]1[C@@H](C=C[C@@H](O)CCc2cccc(C(F)(F)F)c2)[C@H](O)C[C@@H]1O. The maximum absolute atomic E-state index is 13.0. The Bertz CT molecular complexity index is 1710. The molecule has 1 unspecified atom stereocenters. The number of methoxy groups -OCH3 is 1. The number of allylic oxidation sites excluding steroid dienone is 2. The topological polar surface area (TPSA) is 204 Å². The van der Waals surface area contributed by atoms with Crippen LogP contribution in [0.2, 0.25) is 0 Å². The quantitative estimate of drug-likeness (QED) is 0.0253. The van der Waals surface area contributed by atoms with Crippen LogP contribution in [0.25, 0.3) is 6.08 Å². The van der Waals surface area contributed by atoms with Gasteiger partial charge in [-0.3, -0.25) is 4.79 Å². The van der Waals surface area contributed by atoms with Crippen LogP contribution < -0.4 is 14.8 Å². The monoisotopic (exact) mass is 792 g/mol. The molecule has 1 amide bonds. The second kappa shape index (κ2) is 22.3. The summed E-state index contributed by atoms with van der Waals surface area (Å²) in [6.07, 6.45) is 4.46. The summed E-state index contributed by atoms with van der Waals surface area (Å²) in [5.41, 5.74) is 0.186. The van der Waals surface area contributed by atoms with Gasteiger partial charge in [0.1, 0.15) is 19.3 Å². The van der Waals surface area contributed by atoms with Gasteiger partial charge in [-0.2, -0.15) is 13.2 Å². The van der Waals surface area contributed by atoms with Crippen molar-refractivity contribution < 1.29 is 67.0 Å². The van der Waals surface area contributed by atoms with Gasteiger partial charge in [-0.1, -0.05) is 48.6 Å². The van der Waals surface area contributed by atoms with E-state index in [0.29, 0.717) is 30.4 Å². The number of aliphatic hydroxyl groups is 3. The summed E-state index contributed by atoms with van der Waals surface area (Å²) < 4.78 is 54.4. The highest BCUT2D eigenvalue weighted by Crippen LogP contribution is 2.36. The third-order valence-electron chi connectivity index (χ3n) is 8.87. The summed E-state index contributed by atoms with van der Waals surface area (Å²) in [6.45, 7) is 0.746. The number of alkyl halides is 3. The third-order valence-corrected chi connectivity index (χ3v) is 8.87. The van der Waals surface area contributed by atoms with Crippen molar-refractivity contribution in [2.24, 2.45) is 11.8 Å². The smallest absolute Gasteiger partial charge is 0.416 e. The van der Waals surface area contributed by atoms with E-state index < -0.39 is 65.6 Å². The molecule has 2 aromatic carbocycles. The molecule has 0 heterocycles. The molecule has 6 atom stereocenters. The van der Waals surface area contributed by atoms with Gasteiger partial charge < -0.3 is 39.7 Å². The van der Waals surface area contributed by atoms with Crippen molar-refractivity contribution >= 4 is 23.9 Å². The number of benzene rings is 2. The Morgan fingerprint density at radius 3 is 2.55 bits per heavy atom. The minimum absolute atomic E-state index is 0.0724. The largest absolute Gasteiger partial charge is 0.493 e. The molecule has 0 aromatic heterocycles. The molecule has 17 heteroatoms. The summed E-state index contributed by atoms with van der Waals surface area (Å²) in [7, 11) is 1.35. The van der Waals surface area contributed by atoms with Crippen molar-refractivity contribution in [1.29, 1.82) is 0 Å². The number of esters is 2. The van der Waals surface area contributed by atoms with Gasteiger partial charge in [0, 0.05) is 24.8 Å². The number of aryl methyl sites for hydroxylation is 1. The number of halogens is 3. The number of unbranched alkanes of at least 4 members (excludes halogenated alkanes) is 1. The van der Waals surface area contributed by atoms with Crippen molar-refractivity contribution in [1.82, 2.24) is 5.32 Å². The number of carbonyl (C=O) groups is 3. The van der Waals surface area contributed by atoms with Crippen molar-refractivity contribution in [3.8, 4) is 11.5 Å². The summed E-state index contributed by atoms with van der Waals surface area (Å²) in [6, 6.07) is 8.42. The minimum Gasteiger partial charge on any atom is -0.493 e. The van der Waals surface area contributed by atoms with Crippen LogP contribution in [0.15, 0.2) is 72.8 Å². The number of nitrogens with one attached hydrogen (secondary N) is 1. The average molecular weight is 793 g/mol. The maximum atomic E-state index is 13.0. The molecule has 0 bridgehead atoms. The zero-order valence-electron chi connectivity index (χ0n) is 30.9. The molecule has 14 nitrogen and oxygen atoms in total. The molecule has 0 aliphatic heterocycles. The van der Waals surface area contributed by atoms with E-state index in [1.165, 1.54) is 50.5 Å². The van der Waals surface area contributed by atoms with Crippen LogP contribution >= 0.6 is 0 Å². The van der Waals surface area contributed by atoms with Crippen LogP contribution in [-0.4, -0.2) is 82.9 Å². The highest BCUT2D eigenvalue weighted by Gasteiger charge is 2.39. The van der Waals surface area contributed by atoms with E-state index in [1.54, 1.807) is 12.1 Å². The lowest BCUT2D eigenvalue weighted by atomic mass is 9.89. The number of aliphatic hydroxyl groups excluding tert-OH is 3. The number of nitrogens with zero attached hydrogens (tertiary/aromatic N) is 1. The number of amides is 1. The first-order valence-corrected chi connectivity index (χ1v) is 17.9. The van der Waals surface area contributed by atoms with Gasteiger partial charge >= 0.3 is 18.1 Å². The molecule has 1 aliphatic rings. The standard InChI is InChI=1S/C39H47F3N2O12/c1-25(38(50)56-34-18-13-27(23-35(34)53-2)14-19-37(49)54-20-21-55-44(51)52)43-36(48)11-6-4-3-5-10-30-31(33(47)24-32(30)46)17-16-29(45)15-12-26-8-7-9-28(22-26)39(40,41)42/h3,5,7-9,13-14,16-19,22-23,25,29-33,45-47H,4,6,10-12,15,20-21,24H2,1-2H3,(H,43,48)/t25?,29-,30+,31+,32-,33+/m0/s1. The molecule has 4 N–H and O–H groups in total. The fraction of sp³-hybridized carbons (Fsp3) is 0.462. The van der Waals surface area contributed by atoms with Crippen LogP contribution in [-0.2, 0) is 36.6 Å². The van der Waals surface area contributed by atoms with Crippen LogP contribution in [0.1, 0.15) is 62.1 Å². The number of carbonyl (C=O) groups excluding carboxylic acids is 3. The molecule has 3 rings (SSSR count). The van der Waals surface area contributed by atoms with Crippen molar-refractivity contribution in [2.75, 3.05) is 20.3 Å². The Kier molecular flexibility index (Phi) is 18.0. The Labute approximate surface area is 321 Å². The summed E-state index contributed by atoms with van der Waals surface area (Å²) >= 11 is 0. The highest BCUT2D eigenvalue weighted by molar-refractivity contribution is 5.87. The number of hydrogen-bond donors (Lipinski definition) is 4. The van der Waals surface area contributed by atoms with Gasteiger partial charge in [0.15, 0.2) is 11.5 Å². The van der Waals surface area contributed by atoms with Crippen LogP contribution in [0.5, 0.6) is 11.5 Å². The van der Waals surface area contributed by atoms with Gasteiger partial charge in [0.2, 0.25) is 5.91 Å². The van der Waals surface area contributed by atoms with Gasteiger partial charge in [-0.15, -0.1) is 10.1 Å². The van der Waals surface area contributed by atoms with E-state index in [9.17, 15) is 53.0 Å². The molecule has 306 valence electrons. The second-order valence-corrected chi connectivity index (χ2v) is 13.1. The Morgan fingerprint density at radius 1 is 1.07 bits per heavy atom. The Hall–Kier alpha value is -5.26. The summed E-state index contributed by atoms with van der Waals surface area (Å²) in [5.74, 6) is -2.40. The average Bonchev–Trinajstić information content (AvgIpc) is 3.42. The third kappa shape index (κ3) is 15.5. The zero-order valence-corrected chi connectivity index (χ0v) is 30.9. The Balaban J connectivity index is 1.39.